The zero-order valence-corrected chi connectivity index (χ0v) is 12.5. The summed E-state index contributed by atoms with van der Waals surface area (Å²) in [6.45, 7) is 0. The van der Waals surface area contributed by atoms with Gasteiger partial charge in [-0.3, -0.25) is 19.9 Å². The molecular weight excluding hydrogens is 356 g/mol. The van der Waals surface area contributed by atoms with Crippen molar-refractivity contribution in [1.29, 1.82) is 0 Å². The SMILES string of the molecule is O=C(N/N=C\c1cc([N+](=O)[O-])cc(Br)c1[O-])c1ccccn1. The highest BCUT2D eigenvalue weighted by Gasteiger charge is 2.09. The Hall–Kier alpha value is -2.81. The van der Waals surface area contributed by atoms with Gasteiger partial charge in [0.1, 0.15) is 5.69 Å². The van der Waals surface area contributed by atoms with E-state index in [0.717, 1.165) is 18.3 Å². The lowest BCUT2D eigenvalue weighted by atomic mass is 10.2. The maximum absolute atomic E-state index is 11.8. The van der Waals surface area contributed by atoms with Crippen LogP contribution in [0.15, 0.2) is 46.1 Å². The Morgan fingerprint density at radius 3 is 2.82 bits per heavy atom. The number of nitrogens with one attached hydrogen (secondary N) is 1. The number of amides is 1. The normalized spacial score (nSPS) is 10.6. The molecule has 0 fully saturated rings. The van der Waals surface area contributed by atoms with Crippen molar-refractivity contribution in [1.82, 2.24) is 10.4 Å². The van der Waals surface area contributed by atoms with Gasteiger partial charge in [0.15, 0.2) is 0 Å². The number of non-ortho nitro benzene ring substituents is 1. The molecule has 0 spiro atoms. The number of hydrazone groups is 1. The predicted octanol–water partition coefficient (Wildman–Crippen LogP) is 1.59. The van der Waals surface area contributed by atoms with E-state index in [2.05, 4.69) is 31.4 Å². The van der Waals surface area contributed by atoms with Crippen molar-refractivity contribution in [2.45, 2.75) is 0 Å². The lowest BCUT2D eigenvalue weighted by molar-refractivity contribution is -0.385. The van der Waals surface area contributed by atoms with Crippen molar-refractivity contribution in [3.05, 3.63) is 62.4 Å². The summed E-state index contributed by atoms with van der Waals surface area (Å²) in [5.74, 6) is -1.03. The lowest BCUT2D eigenvalue weighted by Gasteiger charge is -2.11. The quantitative estimate of drug-likeness (QED) is 0.502. The topological polar surface area (TPSA) is 121 Å². The van der Waals surface area contributed by atoms with Crippen LogP contribution in [0, 0.1) is 10.1 Å². The molecule has 0 bridgehead atoms. The molecule has 1 aromatic carbocycles. The van der Waals surface area contributed by atoms with E-state index in [4.69, 9.17) is 0 Å². The zero-order valence-electron chi connectivity index (χ0n) is 10.9. The summed E-state index contributed by atoms with van der Waals surface area (Å²) in [6.07, 6.45) is 2.49. The van der Waals surface area contributed by atoms with Gasteiger partial charge in [-0.1, -0.05) is 27.7 Å². The van der Waals surface area contributed by atoms with Gasteiger partial charge in [0, 0.05) is 22.8 Å². The van der Waals surface area contributed by atoms with Crippen molar-refractivity contribution in [3.63, 3.8) is 0 Å². The molecule has 1 aromatic heterocycles. The molecule has 22 heavy (non-hydrogen) atoms. The lowest BCUT2D eigenvalue weighted by Crippen LogP contribution is -2.18. The number of benzene rings is 1. The highest BCUT2D eigenvalue weighted by Crippen LogP contribution is 2.29. The smallest absolute Gasteiger partial charge is 0.289 e. The van der Waals surface area contributed by atoms with Gasteiger partial charge in [0.2, 0.25) is 0 Å². The number of nitro groups is 1. The molecule has 8 nitrogen and oxygen atoms in total. The van der Waals surface area contributed by atoms with Crippen LogP contribution < -0.4 is 10.5 Å². The highest BCUT2D eigenvalue weighted by molar-refractivity contribution is 9.10. The van der Waals surface area contributed by atoms with Crippen LogP contribution in [0.1, 0.15) is 16.1 Å². The van der Waals surface area contributed by atoms with E-state index in [9.17, 15) is 20.0 Å². The molecule has 1 N–H and O–H groups in total. The van der Waals surface area contributed by atoms with Gasteiger partial charge in [-0.15, -0.1) is 0 Å². The number of nitrogens with zero attached hydrogens (tertiary/aromatic N) is 3. The molecule has 0 aliphatic rings. The number of hydrogen-bond donors (Lipinski definition) is 1. The molecule has 0 saturated carbocycles. The van der Waals surface area contributed by atoms with Crippen molar-refractivity contribution in [2.24, 2.45) is 5.10 Å². The Balaban J connectivity index is 2.17. The molecule has 0 radical (unpaired) electrons. The molecule has 0 saturated heterocycles. The van der Waals surface area contributed by atoms with Crippen molar-refractivity contribution < 1.29 is 14.8 Å². The average Bonchev–Trinajstić information content (AvgIpc) is 2.51. The van der Waals surface area contributed by atoms with Crippen LogP contribution in [0.4, 0.5) is 5.69 Å². The van der Waals surface area contributed by atoms with E-state index < -0.39 is 16.6 Å². The Bertz CT molecular complexity index is 749. The van der Waals surface area contributed by atoms with E-state index in [0.29, 0.717) is 0 Å². The zero-order chi connectivity index (χ0) is 16.1. The Kier molecular flexibility index (Phi) is 4.79. The second-order valence-corrected chi connectivity index (χ2v) is 4.87. The first-order chi connectivity index (χ1) is 10.5. The number of aromatic nitrogens is 1. The van der Waals surface area contributed by atoms with Crippen LogP contribution in [0.3, 0.4) is 0 Å². The second-order valence-electron chi connectivity index (χ2n) is 4.02. The number of rotatable bonds is 4. The summed E-state index contributed by atoms with van der Waals surface area (Å²) in [7, 11) is 0. The predicted molar refractivity (Wildman–Crippen MR) is 79.5 cm³/mol. The standard InChI is InChI=1S/C13H9BrN4O4/c14-10-6-9(18(21)22)5-8(12(10)19)7-16-17-13(20)11-3-1-2-4-15-11/h1-7,19H,(H,17,20)/p-1/b16-7-. The van der Waals surface area contributed by atoms with Crippen molar-refractivity contribution in [2.75, 3.05) is 0 Å². The maximum atomic E-state index is 11.8. The van der Waals surface area contributed by atoms with Gasteiger partial charge >= 0.3 is 0 Å². The molecule has 112 valence electrons. The fraction of sp³-hybridized carbons (Fsp3) is 0. The first-order valence-corrected chi connectivity index (χ1v) is 6.67. The monoisotopic (exact) mass is 363 g/mol. The third-order valence-electron chi connectivity index (χ3n) is 2.54. The number of hydrogen-bond acceptors (Lipinski definition) is 6. The van der Waals surface area contributed by atoms with E-state index >= 15 is 0 Å². The summed E-state index contributed by atoms with van der Waals surface area (Å²) < 4.78 is 0.0409. The van der Waals surface area contributed by atoms with Gasteiger partial charge in [0.25, 0.3) is 11.6 Å². The minimum atomic E-state index is -0.631. The summed E-state index contributed by atoms with van der Waals surface area (Å²) in [4.78, 5) is 25.6. The molecule has 1 amide bonds. The van der Waals surface area contributed by atoms with E-state index in [-0.39, 0.29) is 21.4 Å². The van der Waals surface area contributed by atoms with Crippen LogP contribution in [-0.2, 0) is 0 Å². The molecule has 0 unspecified atom stereocenters. The molecule has 2 rings (SSSR count). The molecule has 2 aromatic rings. The van der Waals surface area contributed by atoms with Gasteiger partial charge in [-0.2, -0.15) is 5.10 Å². The minimum Gasteiger partial charge on any atom is -0.871 e. The Morgan fingerprint density at radius 1 is 1.41 bits per heavy atom. The number of halogens is 1. The van der Waals surface area contributed by atoms with Gasteiger partial charge in [-0.25, -0.2) is 5.43 Å². The van der Waals surface area contributed by atoms with Crippen LogP contribution in [0.5, 0.6) is 5.75 Å². The summed E-state index contributed by atoms with van der Waals surface area (Å²) >= 11 is 2.95. The first-order valence-electron chi connectivity index (χ1n) is 5.88. The highest BCUT2D eigenvalue weighted by atomic mass is 79.9. The second kappa shape index (κ2) is 6.76. The fourth-order valence-corrected chi connectivity index (χ4v) is 1.98. The third-order valence-corrected chi connectivity index (χ3v) is 3.12. The van der Waals surface area contributed by atoms with E-state index in [1.54, 1.807) is 12.1 Å². The Labute approximate surface area is 132 Å². The minimum absolute atomic E-state index is 0.0256. The summed E-state index contributed by atoms with van der Waals surface area (Å²) in [6, 6.07) is 6.97. The third kappa shape index (κ3) is 3.64. The molecular formula is C13H8BrN4O4-. The molecule has 0 atom stereocenters. The van der Waals surface area contributed by atoms with Gasteiger partial charge in [-0.05, 0) is 17.7 Å². The molecule has 1 heterocycles. The van der Waals surface area contributed by atoms with Crippen LogP contribution in [0.25, 0.3) is 0 Å². The maximum Gasteiger partial charge on any atom is 0.289 e. The number of carbonyl (C=O) groups is 1. The number of carbonyl (C=O) groups excluding carboxylic acids is 1. The van der Waals surface area contributed by atoms with Crippen LogP contribution in [0.2, 0.25) is 0 Å². The number of pyridine rings is 1. The van der Waals surface area contributed by atoms with E-state index in [1.165, 1.54) is 12.3 Å². The van der Waals surface area contributed by atoms with Gasteiger partial charge in [0.05, 0.1) is 11.1 Å². The number of nitro benzene ring substituents is 1. The van der Waals surface area contributed by atoms with Crippen molar-refractivity contribution >= 4 is 33.7 Å². The molecule has 9 heteroatoms. The average molecular weight is 364 g/mol. The van der Waals surface area contributed by atoms with Gasteiger partial charge < -0.3 is 5.11 Å². The first kappa shape index (κ1) is 15.6. The fourth-order valence-electron chi connectivity index (χ4n) is 1.52. The largest absolute Gasteiger partial charge is 0.871 e. The molecule has 0 aliphatic heterocycles. The van der Waals surface area contributed by atoms with Crippen molar-refractivity contribution in [3.8, 4) is 5.75 Å². The summed E-state index contributed by atoms with van der Waals surface area (Å²) in [5, 5.41) is 26.2. The Morgan fingerprint density at radius 2 is 2.18 bits per heavy atom. The summed E-state index contributed by atoms with van der Waals surface area (Å²) in [5.41, 5.74) is 2.06. The molecule has 0 aliphatic carbocycles. The van der Waals surface area contributed by atoms with E-state index in [1.807, 2.05) is 0 Å². The van der Waals surface area contributed by atoms with Crippen LogP contribution in [-0.4, -0.2) is 22.0 Å². The van der Waals surface area contributed by atoms with Crippen LogP contribution >= 0.6 is 15.9 Å².